The number of hydrogen-bond acceptors (Lipinski definition) is 4. The molecule has 6 rings (SSSR count). The van der Waals surface area contributed by atoms with Crippen molar-refractivity contribution >= 4 is 28.1 Å². The van der Waals surface area contributed by atoms with Crippen molar-refractivity contribution in [3.63, 3.8) is 0 Å². The third-order valence-corrected chi connectivity index (χ3v) is 6.48. The zero-order valence-corrected chi connectivity index (χ0v) is 19.0. The van der Waals surface area contributed by atoms with Crippen LogP contribution in [0.4, 0.5) is 0 Å². The van der Waals surface area contributed by atoms with Crippen LogP contribution in [0.15, 0.2) is 96.7 Å². The number of nitrogens with zero attached hydrogens (tertiary/aromatic N) is 3. The Morgan fingerprint density at radius 3 is 2.44 bits per heavy atom. The minimum absolute atomic E-state index is 0.0818. The maximum Gasteiger partial charge on any atom is 0.339 e. The van der Waals surface area contributed by atoms with E-state index in [-0.39, 0.29) is 18.0 Å². The van der Waals surface area contributed by atoms with Crippen LogP contribution in [0.1, 0.15) is 23.7 Å². The first kappa shape index (κ1) is 20.4. The number of esters is 1. The topological polar surface area (TPSA) is 57.0 Å². The SMILES string of the molecule is CC1=CC2C(c3cnc4c(c3)c(C)nn4-c3ccccc3)=C(c3ccccc3)C(=O)OC2C=C1. The lowest BCUT2D eigenvalue weighted by molar-refractivity contribution is -0.141. The van der Waals surface area contributed by atoms with E-state index in [0.29, 0.717) is 5.57 Å². The van der Waals surface area contributed by atoms with E-state index in [2.05, 4.69) is 19.1 Å². The number of ether oxygens (including phenoxy) is 1. The molecule has 166 valence electrons. The van der Waals surface area contributed by atoms with Crippen LogP contribution in [0, 0.1) is 12.8 Å². The van der Waals surface area contributed by atoms with E-state index >= 15 is 0 Å². The molecule has 2 aliphatic rings. The summed E-state index contributed by atoms with van der Waals surface area (Å²) in [5.41, 5.74) is 7.08. The van der Waals surface area contributed by atoms with Gasteiger partial charge < -0.3 is 4.74 Å². The van der Waals surface area contributed by atoms with Crippen LogP contribution < -0.4 is 0 Å². The minimum Gasteiger partial charge on any atom is -0.454 e. The molecule has 0 spiro atoms. The molecule has 1 aliphatic carbocycles. The molecule has 0 N–H and O–H groups in total. The maximum atomic E-state index is 13.3. The number of fused-ring (bicyclic) bond motifs is 2. The zero-order valence-electron chi connectivity index (χ0n) is 19.0. The first-order valence-electron chi connectivity index (χ1n) is 11.4. The molecular formula is C29H23N3O2. The quantitative estimate of drug-likeness (QED) is 0.380. The Labute approximate surface area is 197 Å². The Bertz CT molecular complexity index is 1510. The first-order chi connectivity index (χ1) is 16.6. The summed E-state index contributed by atoms with van der Waals surface area (Å²) in [5, 5.41) is 5.72. The van der Waals surface area contributed by atoms with E-state index in [1.165, 1.54) is 0 Å². The Balaban J connectivity index is 1.59. The van der Waals surface area contributed by atoms with Gasteiger partial charge in [-0.05, 0) is 54.8 Å². The standard InChI is InChI=1S/C29H23N3O2/c1-18-13-14-25-24(15-18)26(27(29(33)34-25)20-9-5-3-6-10-20)21-16-23-19(2)31-32(28(23)30-17-21)22-11-7-4-8-12-22/h3-17,24-25H,1-2H3. The van der Waals surface area contributed by atoms with E-state index in [9.17, 15) is 4.79 Å². The predicted molar refractivity (Wildman–Crippen MR) is 133 cm³/mol. The van der Waals surface area contributed by atoms with Gasteiger partial charge in [-0.1, -0.05) is 66.3 Å². The number of carbonyl (C=O) groups excluding carboxylic acids is 1. The summed E-state index contributed by atoms with van der Waals surface area (Å²) in [6.07, 6.45) is 7.69. The van der Waals surface area contributed by atoms with Crippen molar-refractivity contribution in [2.24, 2.45) is 5.92 Å². The van der Waals surface area contributed by atoms with Crippen LogP contribution >= 0.6 is 0 Å². The number of carbonyl (C=O) groups is 1. The van der Waals surface area contributed by atoms with Crippen LogP contribution in [0.25, 0.3) is 27.9 Å². The van der Waals surface area contributed by atoms with E-state index in [1.54, 1.807) is 0 Å². The molecule has 1 aliphatic heterocycles. The van der Waals surface area contributed by atoms with Gasteiger partial charge in [0.25, 0.3) is 0 Å². The van der Waals surface area contributed by atoms with Crippen molar-refractivity contribution in [2.45, 2.75) is 20.0 Å². The summed E-state index contributed by atoms with van der Waals surface area (Å²) >= 11 is 0. The second-order valence-electron chi connectivity index (χ2n) is 8.75. The summed E-state index contributed by atoms with van der Waals surface area (Å²) in [5.74, 6) is -0.390. The summed E-state index contributed by atoms with van der Waals surface area (Å²) in [6, 6.07) is 21.8. The van der Waals surface area contributed by atoms with Gasteiger partial charge in [-0.15, -0.1) is 0 Å². The Morgan fingerprint density at radius 1 is 0.941 bits per heavy atom. The number of allylic oxidation sites excluding steroid dienone is 2. The lowest BCUT2D eigenvalue weighted by Gasteiger charge is -2.34. The van der Waals surface area contributed by atoms with Crippen LogP contribution in [0.3, 0.4) is 0 Å². The average molecular weight is 446 g/mol. The summed E-state index contributed by atoms with van der Waals surface area (Å²) in [6.45, 7) is 4.06. The van der Waals surface area contributed by atoms with Crippen molar-refractivity contribution in [1.29, 1.82) is 0 Å². The van der Waals surface area contributed by atoms with Crippen LogP contribution in [-0.2, 0) is 9.53 Å². The second-order valence-corrected chi connectivity index (χ2v) is 8.75. The molecule has 34 heavy (non-hydrogen) atoms. The highest BCUT2D eigenvalue weighted by Gasteiger charge is 2.38. The van der Waals surface area contributed by atoms with Gasteiger partial charge in [0.1, 0.15) is 6.10 Å². The Morgan fingerprint density at radius 2 is 1.68 bits per heavy atom. The van der Waals surface area contributed by atoms with Crippen LogP contribution in [0.5, 0.6) is 0 Å². The molecule has 5 nitrogen and oxygen atoms in total. The van der Waals surface area contributed by atoms with Gasteiger partial charge >= 0.3 is 5.97 Å². The number of aryl methyl sites for hydroxylation is 1. The van der Waals surface area contributed by atoms with Gasteiger partial charge in [-0.2, -0.15) is 5.10 Å². The fraction of sp³-hybridized carbons (Fsp3) is 0.138. The third kappa shape index (κ3) is 3.28. The van der Waals surface area contributed by atoms with E-state index in [0.717, 1.165) is 44.7 Å². The van der Waals surface area contributed by atoms with Gasteiger partial charge in [0.05, 0.1) is 17.0 Å². The van der Waals surface area contributed by atoms with Gasteiger partial charge in [0.15, 0.2) is 5.65 Å². The number of pyridine rings is 1. The molecule has 4 aromatic rings. The average Bonchev–Trinajstić information content (AvgIpc) is 3.20. The second kappa shape index (κ2) is 7.96. The Hall–Kier alpha value is -4.25. The fourth-order valence-corrected chi connectivity index (χ4v) is 4.87. The van der Waals surface area contributed by atoms with E-state index < -0.39 is 0 Å². The molecule has 5 heteroatoms. The van der Waals surface area contributed by atoms with Crippen LogP contribution in [-0.4, -0.2) is 26.8 Å². The summed E-state index contributed by atoms with van der Waals surface area (Å²) in [7, 11) is 0. The highest BCUT2D eigenvalue weighted by Crippen LogP contribution is 2.43. The molecule has 0 saturated heterocycles. The Kier molecular flexibility index (Phi) is 4.77. The molecule has 0 radical (unpaired) electrons. The number of hydrogen-bond donors (Lipinski definition) is 0. The van der Waals surface area contributed by atoms with Gasteiger partial charge in [0, 0.05) is 17.5 Å². The van der Waals surface area contributed by atoms with Gasteiger partial charge in [0.2, 0.25) is 0 Å². The summed E-state index contributed by atoms with van der Waals surface area (Å²) < 4.78 is 7.73. The largest absolute Gasteiger partial charge is 0.454 e. The monoisotopic (exact) mass is 445 g/mol. The fourth-order valence-electron chi connectivity index (χ4n) is 4.87. The molecule has 3 heterocycles. The first-order valence-corrected chi connectivity index (χ1v) is 11.4. The predicted octanol–water partition coefficient (Wildman–Crippen LogP) is 5.70. The number of aromatic nitrogens is 3. The van der Waals surface area contributed by atoms with Crippen molar-refractivity contribution in [1.82, 2.24) is 14.8 Å². The molecular weight excluding hydrogens is 422 g/mol. The lowest BCUT2D eigenvalue weighted by atomic mass is 9.78. The lowest BCUT2D eigenvalue weighted by Crippen LogP contribution is -2.33. The van der Waals surface area contributed by atoms with Gasteiger partial charge in [-0.25, -0.2) is 14.5 Å². The smallest absolute Gasteiger partial charge is 0.339 e. The molecule has 2 aromatic heterocycles. The molecule has 0 saturated carbocycles. The molecule has 2 unspecified atom stereocenters. The van der Waals surface area contributed by atoms with E-state index in [1.807, 2.05) is 90.6 Å². The molecule has 0 amide bonds. The minimum atomic E-state index is -0.331. The molecule has 2 atom stereocenters. The molecule has 2 aromatic carbocycles. The maximum absolute atomic E-state index is 13.3. The van der Waals surface area contributed by atoms with Crippen molar-refractivity contribution < 1.29 is 9.53 Å². The van der Waals surface area contributed by atoms with Crippen molar-refractivity contribution in [2.75, 3.05) is 0 Å². The number of rotatable bonds is 3. The molecule has 0 fully saturated rings. The van der Waals surface area contributed by atoms with Gasteiger partial charge in [-0.3, -0.25) is 0 Å². The molecule has 0 bridgehead atoms. The number of para-hydroxylation sites is 1. The zero-order chi connectivity index (χ0) is 23.2. The number of benzene rings is 2. The highest BCUT2D eigenvalue weighted by molar-refractivity contribution is 6.26. The van der Waals surface area contributed by atoms with Crippen molar-refractivity contribution in [3.05, 3.63) is 114 Å². The van der Waals surface area contributed by atoms with Crippen LogP contribution in [0.2, 0.25) is 0 Å². The third-order valence-electron chi connectivity index (χ3n) is 6.48. The normalized spacial score (nSPS) is 19.7. The van der Waals surface area contributed by atoms with Crippen molar-refractivity contribution in [3.8, 4) is 5.69 Å². The summed E-state index contributed by atoms with van der Waals surface area (Å²) in [4.78, 5) is 18.1. The highest BCUT2D eigenvalue weighted by atomic mass is 16.5. The van der Waals surface area contributed by atoms with E-state index in [4.69, 9.17) is 14.8 Å².